The van der Waals surface area contributed by atoms with E-state index >= 15 is 0 Å². The van der Waals surface area contributed by atoms with E-state index in [-0.39, 0.29) is 6.04 Å². The van der Waals surface area contributed by atoms with Gasteiger partial charge in [0.1, 0.15) is 5.82 Å². The monoisotopic (exact) mass is 245 g/mol. The van der Waals surface area contributed by atoms with E-state index in [1.54, 1.807) is 0 Å². The van der Waals surface area contributed by atoms with Crippen molar-refractivity contribution in [3.05, 3.63) is 23.9 Å². The Morgan fingerprint density at radius 1 is 1.22 bits per heavy atom. The van der Waals surface area contributed by atoms with Crippen LogP contribution in [0.5, 0.6) is 0 Å². The first-order chi connectivity index (χ1) is 8.72. The third-order valence-electron chi connectivity index (χ3n) is 3.97. The van der Waals surface area contributed by atoms with Crippen molar-refractivity contribution in [2.24, 2.45) is 17.6 Å². The van der Waals surface area contributed by atoms with Gasteiger partial charge in [-0.2, -0.15) is 0 Å². The van der Waals surface area contributed by atoms with Crippen molar-refractivity contribution >= 4 is 5.82 Å². The van der Waals surface area contributed by atoms with Crippen LogP contribution in [0.1, 0.15) is 44.2 Å². The van der Waals surface area contributed by atoms with Gasteiger partial charge in [-0.15, -0.1) is 0 Å². The number of aromatic nitrogens is 1. The van der Waals surface area contributed by atoms with Crippen LogP contribution in [0.25, 0.3) is 0 Å². The number of pyridine rings is 1. The van der Waals surface area contributed by atoms with Crippen molar-refractivity contribution in [3.63, 3.8) is 0 Å². The Kier molecular flexibility index (Phi) is 3.25. The van der Waals surface area contributed by atoms with Gasteiger partial charge in [0, 0.05) is 25.3 Å². The molecule has 1 heterocycles. The van der Waals surface area contributed by atoms with Crippen molar-refractivity contribution in [2.45, 2.75) is 38.6 Å². The molecule has 0 saturated heterocycles. The Balaban J connectivity index is 1.70. The molecule has 1 atom stereocenters. The van der Waals surface area contributed by atoms with Gasteiger partial charge in [-0.25, -0.2) is 4.98 Å². The van der Waals surface area contributed by atoms with E-state index < -0.39 is 0 Å². The third kappa shape index (κ3) is 3.02. The molecule has 0 unspecified atom stereocenters. The number of hydrogen-bond acceptors (Lipinski definition) is 3. The highest BCUT2D eigenvalue weighted by Crippen LogP contribution is 2.35. The van der Waals surface area contributed by atoms with Gasteiger partial charge in [-0.3, -0.25) is 0 Å². The first-order valence-electron chi connectivity index (χ1n) is 7.19. The minimum atomic E-state index is 0.0758. The van der Waals surface area contributed by atoms with Crippen molar-refractivity contribution in [3.8, 4) is 0 Å². The molecule has 0 spiro atoms. The molecule has 0 aliphatic heterocycles. The van der Waals surface area contributed by atoms with Gasteiger partial charge in [-0.1, -0.05) is 6.07 Å². The highest BCUT2D eigenvalue weighted by Gasteiger charge is 2.29. The van der Waals surface area contributed by atoms with Crippen LogP contribution < -0.4 is 10.6 Å². The van der Waals surface area contributed by atoms with Gasteiger partial charge in [0.2, 0.25) is 0 Å². The maximum atomic E-state index is 5.87. The van der Waals surface area contributed by atoms with Gasteiger partial charge in [-0.05, 0) is 56.1 Å². The van der Waals surface area contributed by atoms with Crippen LogP contribution in [0.4, 0.5) is 5.82 Å². The fourth-order valence-electron chi connectivity index (χ4n) is 2.34. The summed E-state index contributed by atoms with van der Waals surface area (Å²) in [6.45, 7) is 4.39. The molecule has 3 nitrogen and oxygen atoms in total. The van der Waals surface area contributed by atoms with Crippen molar-refractivity contribution < 1.29 is 0 Å². The highest BCUT2D eigenvalue weighted by atomic mass is 15.2. The van der Waals surface area contributed by atoms with Gasteiger partial charge in [0.25, 0.3) is 0 Å². The lowest BCUT2D eigenvalue weighted by molar-refractivity contribution is 0.670. The molecule has 2 N–H and O–H groups in total. The molecule has 3 rings (SSSR count). The fraction of sp³-hybridized carbons (Fsp3) is 0.667. The second-order valence-corrected chi connectivity index (χ2v) is 6.03. The maximum Gasteiger partial charge on any atom is 0.128 e. The number of nitrogens with zero attached hydrogens (tertiary/aromatic N) is 2. The molecule has 18 heavy (non-hydrogen) atoms. The molecular formula is C15H23N3. The lowest BCUT2D eigenvalue weighted by atomic mass is 10.1. The zero-order chi connectivity index (χ0) is 12.5. The van der Waals surface area contributed by atoms with Crippen molar-refractivity contribution in [1.82, 2.24) is 4.98 Å². The first kappa shape index (κ1) is 12.0. The van der Waals surface area contributed by atoms with Crippen LogP contribution in [-0.4, -0.2) is 18.1 Å². The molecule has 1 aromatic rings. The predicted molar refractivity (Wildman–Crippen MR) is 74.5 cm³/mol. The number of anilines is 1. The average molecular weight is 245 g/mol. The standard InChI is InChI=1S/C15H23N3/c1-11(16)14-6-7-15(17-8-14)18(9-12-2-3-12)10-13-4-5-13/h6-8,11-13H,2-5,9-10,16H2,1H3/t11-/m0/s1. The minimum absolute atomic E-state index is 0.0758. The van der Waals surface area contributed by atoms with Gasteiger partial charge in [0.15, 0.2) is 0 Å². The Morgan fingerprint density at radius 2 is 1.83 bits per heavy atom. The smallest absolute Gasteiger partial charge is 0.128 e. The Hall–Kier alpha value is -1.09. The van der Waals surface area contributed by atoms with E-state index in [0.717, 1.165) is 23.2 Å². The first-order valence-corrected chi connectivity index (χ1v) is 7.19. The summed E-state index contributed by atoms with van der Waals surface area (Å²) in [7, 11) is 0. The second-order valence-electron chi connectivity index (χ2n) is 6.03. The summed E-state index contributed by atoms with van der Waals surface area (Å²) in [5.41, 5.74) is 6.99. The summed E-state index contributed by atoms with van der Waals surface area (Å²) in [6, 6.07) is 4.34. The van der Waals surface area contributed by atoms with Crippen molar-refractivity contribution in [1.29, 1.82) is 0 Å². The van der Waals surface area contributed by atoms with Crippen molar-refractivity contribution in [2.75, 3.05) is 18.0 Å². The van der Waals surface area contributed by atoms with Crippen LogP contribution in [0.3, 0.4) is 0 Å². The molecule has 2 aliphatic carbocycles. The summed E-state index contributed by atoms with van der Waals surface area (Å²) in [4.78, 5) is 7.09. The van der Waals surface area contributed by atoms with Crippen LogP contribution in [0.15, 0.2) is 18.3 Å². The van der Waals surface area contributed by atoms with E-state index in [1.165, 1.54) is 38.8 Å². The molecule has 98 valence electrons. The van der Waals surface area contributed by atoms with Crippen LogP contribution >= 0.6 is 0 Å². The van der Waals surface area contributed by atoms with E-state index in [9.17, 15) is 0 Å². The molecule has 0 bridgehead atoms. The van der Waals surface area contributed by atoms with Crippen LogP contribution in [0.2, 0.25) is 0 Å². The minimum Gasteiger partial charge on any atom is -0.356 e. The number of rotatable bonds is 6. The summed E-state index contributed by atoms with van der Waals surface area (Å²) < 4.78 is 0. The van der Waals surface area contributed by atoms with Gasteiger partial charge in [0.05, 0.1) is 0 Å². The van der Waals surface area contributed by atoms with Crippen LogP contribution in [0, 0.1) is 11.8 Å². The Morgan fingerprint density at radius 3 is 2.22 bits per heavy atom. The zero-order valence-electron chi connectivity index (χ0n) is 11.2. The molecule has 2 saturated carbocycles. The summed E-state index contributed by atoms with van der Waals surface area (Å²) in [5.74, 6) is 2.97. The molecule has 0 radical (unpaired) electrons. The fourth-order valence-corrected chi connectivity index (χ4v) is 2.34. The largest absolute Gasteiger partial charge is 0.356 e. The lowest BCUT2D eigenvalue weighted by Crippen LogP contribution is -2.28. The number of hydrogen-bond donors (Lipinski definition) is 1. The summed E-state index contributed by atoms with van der Waals surface area (Å²) in [5, 5.41) is 0. The molecular weight excluding hydrogens is 222 g/mol. The Labute approximate surface area is 109 Å². The average Bonchev–Trinajstić information content (AvgIpc) is 3.23. The topological polar surface area (TPSA) is 42.1 Å². The SMILES string of the molecule is C[C@H](N)c1ccc(N(CC2CC2)CC2CC2)nc1. The molecule has 2 aliphatic rings. The molecule has 0 amide bonds. The number of nitrogens with two attached hydrogens (primary N) is 1. The molecule has 0 aromatic carbocycles. The second kappa shape index (κ2) is 4.88. The van der Waals surface area contributed by atoms with E-state index in [4.69, 9.17) is 5.73 Å². The summed E-state index contributed by atoms with van der Waals surface area (Å²) >= 11 is 0. The van der Waals surface area contributed by atoms with Gasteiger partial charge < -0.3 is 10.6 Å². The van der Waals surface area contributed by atoms with E-state index in [2.05, 4.69) is 22.0 Å². The maximum absolute atomic E-state index is 5.87. The van der Waals surface area contributed by atoms with E-state index in [0.29, 0.717) is 0 Å². The third-order valence-corrected chi connectivity index (χ3v) is 3.97. The highest BCUT2D eigenvalue weighted by molar-refractivity contribution is 5.40. The molecule has 3 heteroatoms. The van der Waals surface area contributed by atoms with Gasteiger partial charge >= 0.3 is 0 Å². The summed E-state index contributed by atoms with van der Waals surface area (Å²) in [6.07, 6.45) is 7.54. The quantitative estimate of drug-likeness (QED) is 0.838. The van der Waals surface area contributed by atoms with E-state index in [1.807, 2.05) is 13.1 Å². The zero-order valence-corrected chi connectivity index (χ0v) is 11.2. The normalized spacial score (nSPS) is 20.8. The van der Waals surface area contributed by atoms with Crippen LogP contribution in [-0.2, 0) is 0 Å². The molecule has 1 aromatic heterocycles. The Bertz CT molecular complexity index is 377. The lowest BCUT2D eigenvalue weighted by Gasteiger charge is -2.24. The predicted octanol–water partition coefficient (Wildman–Crippen LogP) is 2.73. The molecule has 2 fully saturated rings.